The third-order valence-electron chi connectivity index (χ3n) is 6.42. The summed E-state index contributed by atoms with van der Waals surface area (Å²) in [7, 11) is 1.55. The van der Waals surface area contributed by atoms with E-state index in [1.807, 2.05) is 12.1 Å². The van der Waals surface area contributed by atoms with E-state index in [1.54, 1.807) is 20.1 Å². The van der Waals surface area contributed by atoms with Crippen LogP contribution < -0.4 is 10.5 Å². The zero-order valence-electron chi connectivity index (χ0n) is 22.4. The smallest absolute Gasteiger partial charge is 0.310 e. The third-order valence-corrected chi connectivity index (χ3v) is 6.42. The number of aromatic nitrogens is 1. The first-order valence-electron chi connectivity index (χ1n) is 12.8. The molecule has 7 heteroatoms. The number of methoxy groups -OCH3 is 1. The molecule has 0 saturated carbocycles. The summed E-state index contributed by atoms with van der Waals surface area (Å²) in [4.78, 5) is 12.4. The van der Waals surface area contributed by atoms with Gasteiger partial charge in [0.1, 0.15) is 24.3 Å². The molecular formula is C31H35FN2O4. The number of esters is 1. The molecule has 0 radical (unpaired) electrons. The van der Waals surface area contributed by atoms with Crippen molar-refractivity contribution in [1.29, 1.82) is 0 Å². The van der Waals surface area contributed by atoms with Gasteiger partial charge in [-0.15, -0.1) is 0 Å². The summed E-state index contributed by atoms with van der Waals surface area (Å²) in [6.07, 6.45) is 1.69. The Balaban J connectivity index is 1.65. The molecule has 0 aliphatic rings. The first kappa shape index (κ1) is 27.4. The molecule has 3 aromatic carbocycles. The highest BCUT2D eigenvalue weighted by atomic mass is 19.1. The van der Waals surface area contributed by atoms with Crippen LogP contribution in [-0.2, 0) is 33.8 Å². The number of nitrogens with zero attached hydrogens (tertiary/aromatic N) is 1. The van der Waals surface area contributed by atoms with E-state index < -0.39 is 11.8 Å². The molecule has 6 nitrogen and oxygen atoms in total. The number of ether oxygens (including phenoxy) is 3. The molecular weight excluding hydrogens is 483 g/mol. The van der Waals surface area contributed by atoms with Gasteiger partial charge in [0.25, 0.3) is 0 Å². The molecule has 0 aliphatic heterocycles. The van der Waals surface area contributed by atoms with Crippen LogP contribution in [0.4, 0.5) is 4.39 Å². The zero-order chi connectivity index (χ0) is 27.2. The van der Waals surface area contributed by atoms with E-state index in [-0.39, 0.29) is 25.2 Å². The summed E-state index contributed by atoms with van der Waals surface area (Å²) in [6, 6.07) is 19.0. The summed E-state index contributed by atoms with van der Waals surface area (Å²) in [5.41, 5.74) is 11.7. The van der Waals surface area contributed by atoms with Crippen LogP contribution in [-0.4, -0.2) is 30.4 Å². The Morgan fingerprint density at radius 3 is 2.58 bits per heavy atom. The van der Waals surface area contributed by atoms with E-state index in [0.717, 1.165) is 33.2 Å². The van der Waals surface area contributed by atoms with E-state index in [4.69, 9.17) is 19.9 Å². The molecule has 0 bridgehead atoms. The van der Waals surface area contributed by atoms with Gasteiger partial charge in [0, 0.05) is 48.4 Å². The highest BCUT2D eigenvalue weighted by molar-refractivity contribution is 5.96. The lowest BCUT2D eigenvalue weighted by Gasteiger charge is -2.16. The topological polar surface area (TPSA) is 75.7 Å². The number of carbonyl (C=O) groups excluding carboxylic acids is 1. The van der Waals surface area contributed by atoms with Crippen molar-refractivity contribution in [2.24, 2.45) is 5.73 Å². The summed E-state index contributed by atoms with van der Waals surface area (Å²) in [5.74, 6) is -0.551. The van der Waals surface area contributed by atoms with Crippen molar-refractivity contribution in [1.82, 2.24) is 4.57 Å². The highest BCUT2D eigenvalue weighted by Gasteiger charge is 2.16. The lowest BCUT2D eigenvalue weighted by atomic mass is 9.97. The normalized spacial score (nSPS) is 12.2. The van der Waals surface area contributed by atoms with E-state index in [2.05, 4.69) is 54.9 Å². The summed E-state index contributed by atoms with van der Waals surface area (Å²) >= 11 is 0. The number of hydrogen-bond donors (Lipinski definition) is 1. The van der Waals surface area contributed by atoms with Crippen LogP contribution in [0.5, 0.6) is 5.75 Å². The molecule has 1 atom stereocenters. The minimum atomic E-state index is -0.437. The third kappa shape index (κ3) is 6.41. The van der Waals surface area contributed by atoms with Crippen LogP contribution in [0.15, 0.2) is 66.9 Å². The van der Waals surface area contributed by atoms with Crippen LogP contribution in [0.25, 0.3) is 22.0 Å². The Kier molecular flexibility index (Phi) is 8.81. The zero-order valence-corrected chi connectivity index (χ0v) is 22.4. The van der Waals surface area contributed by atoms with E-state index >= 15 is 0 Å². The van der Waals surface area contributed by atoms with Gasteiger partial charge in [0.15, 0.2) is 0 Å². The number of hydrogen-bond acceptors (Lipinski definition) is 5. The van der Waals surface area contributed by atoms with Crippen molar-refractivity contribution < 1.29 is 23.4 Å². The second-order valence-corrected chi connectivity index (χ2v) is 9.77. The predicted molar refractivity (Wildman–Crippen MR) is 148 cm³/mol. The quantitative estimate of drug-likeness (QED) is 0.240. The Hall–Kier alpha value is -3.68. The summed E-state index contributed by atoms with van der Waals surface area (Å²) in [6.45, 7) is 7.01. The Labute approximate surface area is 223 Å². The second kappa shape index (κ2) is 12.2. The maximum absolute atomic E-state index is 14.2. The fourth-order valence-electron chi connectivity index (χ4n) is 4.62. The number of carbonyl (C=O) groups is 1. The summed E-state index contributed by atoms with van der Waals surface area (Å²) < 4.78 is 32.9. The molecule has 1 unspecified atom stereocenters. The molecule has 0 amide bonds. The van der Waals surface area contributed by atoms with Gasteiger partial charge in [-0.2, -0.15) is 0 Å². The van der Waals surface area contributed by atoms with E-state index in [0.29, 0.717) is 24.5 Å². The number of nitrogens with two attached hydrogens (primary N) is 1. The molecule has 2 N–H and O–H groups in total. The molecule has 1 aromatic heterocycles. The molecule has 200 valence electrons. The van der Waals surface area contributed by atoms with Gasteiger partial charge in [0.05, 0.1) is 13.0 Å². The molecule has 4 rings (SSSR count). The van der Waals surface area contributed by atoms with Crippen molar-refractivity contribution in [3.8, 4) is 16.9 Å². The average Bonchev–Trinajstić information content (AvgIpc) is 3.33. The highest BCUT2D eigenvalue weighted by Crippen LogP contribution is 2.33. The van der Waals surface area contributed by atoms with Crippen LogP contribution in [0.3, 0.4) is 0 Å². The van der Waals surface area contributed by atoms with Gasteiger partial charge in [-0.1, -0.05) is 24.3 Å². The van der Waals surface area contributed by atoms with Crippen molar-refractivity contribution >= 4 is 16.9 Å². The summed E-state index contributed by atoms with van der Waals surface area (Å²) in [5, 5.41) is 1.14. The van der Waals surface area contributed by atoms with Crippen molar-refractivity contribution in [3.63, 3.8) is 0 Å². The number of rotatable bonds is 11. The minimum Gasteiger partial charge on any atom is -0.488 e. The Morgan fingerprint density at radius 1 is 1.03 bits per heavy atom. The Bertz CT molecular complexity index is 1410. The van der Waals surface area contributed by atoms with Gasteiger partial charge in [-0.3, -0.25) is 4.79 Å². The van der Waals surface area contributed by atoms with E-state index in [1.165, 1.54) is 12.1 Å². The fraction of sp³-hybridized carbons (Fsp3) is 0.323. The van der Waals surface area contributed by atoms with Gasteiger partial charge in [-0.05, 0) is 73.4 Å². The number of fused-ring (bicyclic) bond motifs is 1. The second-order valence-electron chi connectivity index (χ2n) is 9.77. The van der Waals surface area contributed by atoms with Crippen LogP contribution in [0.1, 0.15) is 43.5 Å². The van der Waals surface area contributed by atoms with Crippen molar-refractivity contribution in [2.75, 3.05) is 13.7 Å². The fourth-order valence-corrected chi connectivity index (χ4v) is 4.62. The maximum Gasteiger partial charge on any atom is 0.310 e. The molecule has 1 heterocycles. The molecule has 38 heavy (non-hydrogen) atoms. The molecule has 0 spiro atoms. The standard InChI is InChI=1S/C31H35FN2O4/c1-20(2)34-11-10-27-28(24-7-5-6-22(12-24)17-33)13-23(14-29(27)34)19-37-30-16-26(32)9-8-25(30)15-31(35)38-21(3)18-36-4/h5-14,16,20-21H,15,17-19,33H2,1-4H3. The van der Waals surface area contributed by atoms with Gasteiger partial charge >= 0.3 is 5.97 Å². The number of benzene rings is 3. The van der Waals surface area contributed by atoms with Gasteiger partial charge in [-0.25, -0.2) is 4.39 Å². The van der Waals surface area contributed by atoms with Crippen LogP contribution >= 0.6 is 0 Å². The van der Waals surface area contributed by atoms with Crippen LogP contribution in [0.2, 0.25) is 0 Å². The largest absolute Gasteiger partial charge is 0.488 e. The van der Waals surface area contributed by atoms with Gasteiger partial charge in [0.2, 0.25) is 0 Å². The first-order valence-corrected chi connectivity index (χ1v) is 12.8. The van der Waals surface area contributed by atoms with Crippen molar-refractivity contribution in [2.45, 2.75) is 52.5 Å². The first-order chi connectivity index (χ1) is 18.3. The van der Waals surface area contributed by atoms with Gasteiger partial charge < -0.3 is 24.5 Å². The Morgan fingerprint density at radius 2 is 1.84 bits per heavy atom. The van der Waals surface area contributed by atoms with Crippen LogP contribution in [0, 0.1) is 5.82 Å². The lowest BCUT2D eigenvalue weighted by Crippen LogP contribution is -2.21. The predicted octanol–water partition coefficient (Wildman–Crippen LogP) is 6.19. The monoisotopic (exact) mass is 518 g/mol. The molecule has 0 fully saturated rings. The SMILES string of the molecule is COCC(C)OC(=O)Cc1ccc(F)cc1OCc1cc(-c2cccc(CN)c2)c2ccn(C(C)C)c2c1. The lowest BCUT2D eigenvalue weighted by molar-refractivity contribution is -0.149. The minimum absolute atomic E-state index is 0.0317. The van der Waals surface area contributed by atoms with E-state index in [9.17, 15) is 9.18 Å². The molecule has 0 aliphatic carbocycles. The maximum atomic E-state index is 14.2. The molecule has 4 aromatic rings. The average molecular weight is 519 g/mol. The number of halogens is 1. The molecule has 0 saturated heterocycles. The van der Waals surface area contributed by atoms with Crippen molar-refractivity contribution in [3.05, 3.63) is 89.4 Å².